The zero-order chi connectivity index (χ0) is 17.1. The average molecular weight is 392 g/mol. The van der Waals surface area contributed by atoms with E-state index in [0.29, 0.717) is 18.7 Å². The summed E-state index contributed by atoms with van der Waals surface area (Å²) in [6, 6.07) is 8.16. The Labute approximate surface area is 150 Å². The number of benzene rings is 1. The molecule has 1 amide bonds. The topological polar surface area (TPSA) is 72.4 Å². The number of hydrogen-bond donors (Lipinski definition) is 1. The maximum atomic E-state index is 12.3. The van der Waals surface area contributed by atoms with Crippen molar-refractivity contribution in [2.75, 3.05) is 13.1 Å². The van der Waals surface area contributed by atoms with E-state index in [9.17, 15) is 4.79 Å². The third kappa shape index (κ3) is 4.05. The summed E-state index contributed by atoms with van der Waals surface area (Å²) in [5.41, 5.74) is 7.72. The quantitative estimate of drug-likeness (QED) is 0.867. The van der Waals surface area contributed by atoms with Crippen LogP contribution in [-0.4, -0.2) is 34.9 Å². The molecule has 6 heteroatoms. The lowest BCUT2D eigenvalue weighted by Crippen LogP contribution is -2.42. The highest BCUT2D eigenvalue weighted by Crippen LogP contribution is 2.26. The summed E-state index contributed by atoms with van der Waals surface area (Å²) in [6.07, 6.45) is 2.73. The standard InChI is InChI=1S/C18H22BrN3O2/c1-12-18(13-2-4-14(19)5-3-13)24-16(21-12)6-7-17(23)22-10-8-15(20)9-11-22/h2-5,15H,6-11,20H2,1H3. The highest BCUT2D eigenvalue weighted by atomic mass is 79.9. The molecule has 0 unspecified atom stereocenters. The van der Waals surface area contributed by atoms with Crippen molar-refractivity contribution in [2.24, 2.45) is 5.73 Å². The molecule has 0 saturated carbocycles. The van der Waals surface area contributed by atoms with Crippen molar-refractivity contribution >= 4 is 21.8 Å². The highest BCUT2D eigenvalue weighted by molar-refractivity contribution is 9.10. The minimum atomic E-state index is 0.156. The van der Waals surface area contributed by atoms with E-state index in [1.807, 2.05) is 36.1 Å². The first-order valence-electron chi connectivity index (χ1n) is 8.28. The molecule has 3 rings (SSSR count). The molecule has 1 aliphatic heterocycles. The second kappa shape index (κ2) is 7.49. The normalized spacial score (nSPS) is 15.7. The average Bonchev–Trinajstić information content (AvgIpc) is 2.95. The molecule has 24 heavy (non-hydrogen) atoms. The van der Waals surface area contributed by atoms with E-state index < -0.39 is 0 Å². The van der Waals surface area contributed by atoms with Gasteiger partial charge in [-0.15, -0.1) is 0 Å². The second-order valence-electron chi connectivity index (χ2n) is 6.25. The van der Waals surface area contributed by atoms with E-state index in [1.54, 1.807) is 0 Å². The van der Waals surface area contributed by atoms with Gasteiger partial charge in [-0.05, 0) is 31.9 Å². The Hall–Kier alpha value is -1.66. The van der Waals surface area contributed by atoms with E-state index in [4.69, 9.17) is 10.2 Å². The minimum absolute atomic E-state index is 0.156. The molecular formula is C18H22BrN3O2. The van der Waals surface area contributed by atoms with Crippen molar-refractivity contribution in [1.29, 1.82) is 0 Å². The molecular weight excluding hydrogens is 370 g/mol. The fourth-order valence-corrected chi connectivity index (χ4v) is 3.21. The van der Waals surface area contributed by atoms with Gasteiger partial charge >= 0.3 is 0 Å². The van der Waals surface area contributed by atoms with Crippen molar-refractivity contribution in [3.63, 3.8) is 0 Å². The molecule has 5 nitrogen and oxygen atoms in total. The van der Waals surface area contributed by atoms with Crippen LogP contribution in [0.1, 0.15) is 30.8 Å². The van der Waals surface area contributed by atoms with Gasteiger partial charge < -0.3 is 15.1 Å². The Bertz CT molecular complexity index is 704. The lowest BCUT2D eigenvalue weighted by molar-refractivity contribution is -0.132. The van der Waals surface area contributed by atoms with Crippen LogP contribution < -0.4 is 5.73 Å². The van der Waals surface area contributed by atoms with Crippen LogP contribution in [0.2, 0.25) is 0 Å². The Kier molecular flexibility index (Phi) is 5.36. The number of amides is 1. The van der Waals surface area contributed by atoms with Gasteiger partial charge in [-0.1, -0.05) is 28.1 Å². The number of carbonyl (C=O) groups is 1. The van der Waals surface area contributed by atoms with Gasteiger partial charge in [0.05, 0.1) is 5.69 Å². The number of piperidine rings is 1. The van der Waals surface area contributed by atoms with E-state index in [-0.39, 0.29) is 11.9 Å². The summed E-state index contributed by atoms with van der Waals surface area (Å²) in [5, 5.41) is 0. The van der Waals surface area contributed by atoms with Gasteiger partial charge in [0.1, 0.15) is 0 Å². The van der Waals surface area contributed by atoms with Gasteiger partial charge in [0.2, 0.25) is 5.91 Å². The van der Waals surface area contributed by atoms with Gasteiger partial charge in [0, 0.05) is 42.0 Å². The van der Waals surface area contributed by atoms with E-state index in [0.717, 1.165) is 47.4 Å². The number of nitrogens with zero attached hydrogens (tertiary/aromatic N) is 2. The first kappa shape index (κ1) is 17.2. The number of aryl methyl sites for hydroxylation is 2. The molecule has 128 valence electrons. The van der Waals surface area contributed by atoms with Gasteiger partial charge in [-0.25, -0.2) is 4.98 Å². The second-order valence-corrected chi connectivity index (χ2v) is 7.16. The Morgan fingerprint density at radius 2 is 2.00 bits per heavy atom. The molecule has 0 radical (unpaired) electrons. The number of oxazole rings is 1. The SMILES string of the molecule is Cc1nc(CCC(=O)N2CCC(N)CC2)oc1-c1ccc(Br)cc1. The summed E-state index contributed by atoms with van der Waals surface area (Å²) in [7, 11) is 0. The molecule has 2 aromatic rings. The van der Waals surface area contributed by atoms with Crippen LogP contribution in [0.25, 0.3) is 11.3 Å². The van der Waals surface area contributed by atoms with Gasteiger partial charge in [0.15, 0.2) is 11.7 Å². The summed E-state index contributed by atoms with van der Waals surface area (Å²) in [4.78, 5) is 18.7. The van der Waals surface area contributed by atoms with Crippen LogP contribution in [0.15, 0.2) is 33.2 Å². The van der Waals surface area contributed by atoms with Crippen LogP contribution in [0.3, 0.4) is 0 Å². The molecule has 2 N–H and O–H groups in total. The molecule has 0 aliphatic carbocycles. The third-order valence-electron chi connectivity index (χ3n) is 4.39. The van der Waals surface area contributed by atoms with Crippen LogP contribution in [-0.2, 0) is 11.2 Å². The lowest BCUT2D eigenvalue weighted by atomic mass is 10.1. The van der Waals surface area contributed by atoms with Crippen LogP contribution >= 0.6 is 15.9 Å². The van der Waals surface area contributed by atoms with Crippen LogP contribution in [0.5, 0.6) is 0 Å². The van der Waals surface area contributed by atoms with E-state index in [2.05, 4.69) is 20.9 Å². The zero-order valence-electron chi connectivity index (χ0n) is 13.8. The summed E-state index contributed by atoms with van der Waals surface area (Å²) in [5.74, 6) is 1.55. The number of rotatable bonds is 4. The third-order valence-corrected chi connectivity index (χ3v) is 4.92. The fraction of sp³-hybridized carbons (Fsp3) is 0.444. The first-order valence-corrected chi connectivity index (χ1v) is 9.08. The molecule has 1 fully saturated rings. The summed E-state index contributed by atoms with van der Waals surface area (Å²) < 4.78 is 6.90. The summed E-state index contributed by atoms with van der Waals surface area (Å²) >= 11 is 3.43. The maximum absolute atomic E-state index is 12.3. The van der Waals surface area contributed by atoms with E-state index in [1.165, 1.54) is 0 Å². The number of aromatic nitrogens is 1. The molecule has 1 aliphatic rings. The van der Waals surface area contributed by atoms with Crippen molar-refractivity contribution in [3.8, 4) is 11.3 Å². The first-order chi connectivity index (χ1) is 11.5. The lowest BCUT2D eigenvalue weighted by Gasteiger charge is -2.30. The maximum Gasteiger partial charge on any atom is 0.223 e. The predicted molar refractivity (Wildman–Crippen MR) is 96.5 cm³/mol. The van der Waals surface area contributed by atoms with Crippen LogP contribution in [0.4, 0.5) is 0 Å². The Balaban J connectivity index is 1.61. The number of nitrogens with two attached hydrogens (primary N) is 1. The van der Waals surface area contributed by atoms with Gasteiger partial charge in [-0.3, -0.25) is 4.79 Å². The molecule has 0 spiro atoms. The largest absolute Gasteiger partial charge is 0.440 e. The Morgan fingerprint density at radius 1 is 1.33 bits per heavy atom. The monoisotopic (exact) mass is 391 g/mol. The van der Waals surface area contributed by atoms with Crippen molar-refractivity contribution in [2.45, 2.75) is 38.6 Å². The number of carbonyl (C=O) groups excluding carboxylic acids is 1. The molecule has 0 atom stereocenters. The molecule has 0 bridgehead atoms. The van der Waals surface area contributed by atoms with Crippen molar-refractivity contribution < 1.29 is 9.21 Å². The molecule has 2 heterocycles. The molecule has 1 aromatic carbocycles. The minimum Gasteiger partial charge on any atom is -0.440 e. The molecule has 1 aromatic heterocycles. The fourth-order valence-electron chi connectivity index (χ4n) is 2.95. The predicted octanol–water partition coefficient (Wildman–Crippen LogP) is 3.29. The van der Waals surface area contributed by atoms with Crippen LogP contribution in [0, 0.1) is 6.92 Å². The molecule has 1 saturated heterocycles. The van der Waals surface area contributed by atoms with Gasteiger partial charge in [0.25, 0.3) is 0 Å². The number of hydrogen-bond acceptors (Lipinski definition) is 4. The number of halogens is 1. The van der Waals surface area contributed by atoms with Crippen molar-refractivity contribution in [1.82, 2.24) is 9.88 Å². The smallest absolute Gasteiger partial charge is 0.223 e. The Morgan fingerprint density at radius 3 is 2.67 bits per heavy atom. The summed E-state index contributed by atoms with van der Waals surface area (Å²) in [6.45, 7) is 3.45. The van der Waals surface area contributed by atoms with E-state index >= 15 is 0 Å². The highest BCUT2D eigenvalue weighted by Gasteiger charge is 2.21. The zero-order valence-corrected chi connectivity index (χ0v) is 15.4. The van der Waals surface area contributed by atoms with Crippen molar-refractivity contribution in [3.05, 3.63) is 40.3 Å². The number of likely N-dealkylation sites (tertiary alicyclic amines) is 1. The van der Waals surface area contributed by atoms with Gasteiger partial charge in [-0.2, -0.15) is 0 Å².